The Bertz CT molecular complexity index is 1240. The minimum atomic E-state index is -4.99. The van der Waals surface area contributed by atoms with Gasteiger partial charge in [0.05, 0.1) is 11.4 Å². The minimum absolute atomic E-state index is 0.210. The van der Waals surface area contributed by atoms with E-state index in [0.29, 0.717) is 11.5 Å². The van der Waals surface area contributed by atoms with E-state index in [9.17, 15) is 26.7 Å². The summed E-state index contributed by atoms with van der Waals surface area (Å²) in [6.07, 6.45) is -2.55. The molecule has 0 spiro atoms. The first kappa shape index (κ1) is 21.0. The molecule has 0 aliphatic heterocycles. The number of nitrogens with zero attached hydrogens (tertiary/aromatic N) is 4. The van der Waals surface area contributed by atoms with Crippen LogP contribution in [-0.4, -0.2) is 30.9 Å². The molecule has 12 heteroatoms. The molecular formula is C18H15F5N6O. The number of hydrogen-bond donors (Lipinski definition) is 2. The summed E-state index contributed by atoms with van der Waals surface area (Å²) in [6.45, 7) is 3.22. The zero-order valence-electron chi connectivity index (χ0n) is 15.6. The Morgan fingerprint density at radius 1 is 0.933 bits per heavy atom. The van der Waals surface area contributed by atoms with E-state index in [1.807, 2.05) is 0 Å². The lowest BCUT2D eigenvalue weighted by atomic mass is 10.4. The van der Waals surface area contributed by atoms with Crippen molar-refractivity contribution in [2.24, 2.45) is 0 Å². The van der Waals surface area contributed by atoms with Gasteiger partial charge in [0.2, 0.25) is 0 Å². The Balaban J connectivity index is 0.000000184. The summed E-state index contributed by atoms with van der Waals surface area (Å²) in [5.41, 5.74) is 7.44. The summed E-state index contributed by atoms with van der Waals surface area (Å²) in [7, 11) is 0. The van der Waals surface area contributed by atoms with Gasteiger partial charge >= 0.3 is 12.1 Å². The van der Waals surface area contributed by atoms with Gasteiger partial charge < -0.3 is 11.1 Å². The molecule has 4 aromatic heterocycles. The number of amides is 1. The molecule has 0 aromatic carbocycles. The van der Waals surface area contributed by atoms with E-state index >= 15 is 0 Å². The molecule has 158 valence electrons. The standard InChI is InChI=1S/C10H7F4N3O.C8H8FN3/c1-5-8(16-9(18)10(12,13)14)15-7-3-2-6(11)4-17(5)7;1-5-8(10)11-7-3-2-6(9)4-12(5)7/h2-4H,1H3,(H,16,18);2-4H,10H2,1H3. The number of nitrogens with one attached hydrogen (secondary N) is 1. The number of alkyl halides is 3. The molecule has 0 aliphatic rings. The molecule has 4 rings (SSSR count). The van der Waals surface area contributed by atoms with E-state index in [4.69, 9.17) is 5.73 Å². The highest BCUT2D eigenvalue weighted by atomic mass is 19.4. The van der Waals surface area contributed by atoms with Gasteiger partial charge in [-0.25, -0.2) is 18.7 Å². The molecule has 3 N–H and O–H groups in total. The van der Waals surface area contributed by atoms with Crippen LogP contribution in [0.4, 0.5) is 33.6 Å². The number of nitrogen functional groups attached to an aromatic ring is 1. The Hall–Kier alpha value is -3.70. The lowest BCUT2D eigenvalue weighted by Crippen LogP contribution is -2.30. The van der Waals surface area contributed by atoms with Gasteiger partial charge in [0, 0.05) is 12.4 Å². The topological polar surface area (TPSA) is 89.7 Å². The second kappa shape index (κ2) is 7.61. The number of imidazole rings is 2. The molecule has 30 heavy (non-hydrogen) atoms. The number of carbonyl (C=O) groups is 1. The molecule has 0 unspecified atom stereocenters. The number of pyridine rings is 2. The van der Waals surface area contributed by atoms with Crippen LogP contribution < -0.4 is 11.1 Å². The quantitative estimate of drug-likeness (QED) is 0.455. The highest BCUT2D eigenvalue weighted by molar-refractivity contribution is 5.94. The van der Waals surface area contributed by atoms with E-state index in [-0.39, 0.29) is 23.0 Å². The number of nitrogens with two attached hydrogens (primary N) is 1. The third-order valence-electron chi connectivity index (χ3n) is 4.17. The van der Waals surface area contributed by atoms with Gasteiger partial charge in [0.1, 0.15) is 28.7 Å². The summed E-state index contributed by atoms with van der Waals surface area (Å²) in [4.78, 5) is 18.6. The maximum Gasteiger partial charge on any atom is 0.471 e. The van der Waals surface area contributed by atoms with Gasteiger partial charge in [-0.1, -0.05) is 0 Å². The molecule has 7 nitrogen and oxygen atoms in total. The fourth-order valence-corrected chi connectivity index (χ4v) is 2.59. The van der Waals surface area contributed by atoms with E-state index in [2.05, 4.69) is 9.97 Å². The van der Waals surface area contributed by atoms with Crippen LogP contribution in [-0.2, 0) is 4.79 Å². The number of aryl methyl sites for hydroxylation is 2. The monoisotopic (exact) mass is 426 g/mol. The molecule has 4 heterocycles. The lowest BCUT2D eigenvalue weighted by Gasteiger charge is -2.05. The van der Waals surface area contributed by atoms with Crippen molar-refractivity contribution in [1.29, 1.82) is 0 Å². The fraction of sp³-hybridized carbons (Fsp3) is 0.167. The van der Waals surface area contributed by atoms with Crippen molar-refractivity contribution in [3.8, 4) is 0 Å². The first-order valence-corrected chi connectivity index (χ1v) is 8.39. The Labute approximate surface area is 166 Å². The van der Waals surface area contributed by atoms with Gasteiger partial charge in [0.25, 0.3) is 0 Å². The van der Waals surface area contributed by atoms with Gasteiger partial charge in [0.15, 0.2) is 5.82 Å². The van der Waals surface area contributed by atoms with Crippen LogP contribution in [0.15, 0.2) is 36.7 Å². The van der Waals surface area contributed by atoms with Gasteiger partial charge in [-0.05, 0) is 38.1 Å². The highest BCUT2D eigenvalue weighted by Crippen LogP contribution is 2.21. The first-order chi connectivity index (χ1) is 14.0. The molecular weight excluding hydrogens is 411 g/mol. The first-order valence-electron chi connectivity index (χ1n) is 8.39. The van der Waals surface area contributed by atoms with E-state index in [0.717, 1.165) is 18.0 Å². The van der Waals surface area contributed by atoms with Crippen LogP contribution in [0.2, 0.25) is 0 Å². The van der Waals surface area contributed by atoms with Crippen LogP contribution in [0.25, 0.3) is 11.3 Å². The average Bonchev–Trinajstić information content (AvgIpc) is 3.12. The minimum Gasteiger partial charge on any atom is -0.382 e. The zero-order chi connectivity index (χ0) is 22.2. The Morgan fingerprint density at radius 2 is 1.43 bits per heavy atom. The molecule has 0 bridgehead atoms. The number of carbonyl (C=O) groups excluding carboxylic acids is 1. The maximum atomic E-state index is 13.0. The fourth-order valence-electron chi connectivity index (χ4n) is 2.59. The number of halogens is 5. The maximum absolute atomic E-state index is 13.0. The van der Waals surface area contributed by atoms with Crippen LogP contribution in [0, 0.1) is 25.5 Å². The van der Waals surface area contributed by atoms with Crippen molar-refractivity contribution in [2.75, 3.05) is 11.1 Å². The van der Waals surface area contributed by atoms with Crippen LogP contribution in [0.1, 0.15) is 11.4 Å². The second-order valence-electron chi connectivity index (χ2n) is 6.23. The normalized spacial score (nSPS) is 11.4. The molecule has 0 atom stereocenters. The summed E-state index contributed by atoms with van der Waals surface area (Å²) in [6, 6.07) is 5.38. The van der Waals surface area contributed by atoms with E-state index < -0.39 is 17.9 Å². The Kier molecular flexibility index (Phi) is 5.33. The van der Waals surface area contributed by atoms with Crippen LogP contribution >= 0.6 is 0 Å². The Morgan fingerprint density at radius 3 is 1.97 bits per heavy atom. The molecule has 0 aliphatic carbocycles. The van der Waals surface area contributed by atoms with Crippen molar-refractivity contribution in [3.63, 3.8) is 0 Å². The lowest BCUT2D eigenvalue weighted by molar-refractivity contribution is -0.167. The number of anilines is 2. The molecule has 0 radical (unpaired) electrons. The number of fused-ring (bicyclic) bond motifs is 2. The summed E-state index contributed by atoms with van der Waals surface area (Å²) >= 11 is 0. The molecule has 0 fully saturated rings. The zero-order valence-corrected chi connectivity index (χ0v) is 15.6. The molecule has 4 aromatic rings. The number of rotatable bonds is 1. The third kappa shape index (κ3) is 4.16. The van der Waals surface area contributed by atoms with E-state index in [1.54, 1.807) is 22.7 Å². The smallest absolute Gasteiger partial charge is 0.382 e. The summed E-state index contributed by atoms with van der Waals surface area (Å²) < 4.78 is 64.8. The molecule has 0 saturated carbocycles. The van der Waals surface area contributed by atoms with Gasteiger partial charge in [-0.15, -0.1) is 0 Å². The SMILES string of the molecule is Cc1c(N)nc2ccc(F)cn12.Cc1c(NC(=O)C(F)(F)F)nc2ccc(F)cn12. The van der Waals surface area contributed by atoms with Crippen molar-refractivity contribution in [2.45, 2.75) is 20.0 Å². The summed E-state index contributed by atoms with van der Waals surface area (Å²) in [5, 5.41) is 1.64. The largest absolute Gasteiger partial charge is 0.471 e. The van der Waals surface area contributed by atoms with Gasteiger partial charge in [-0.3, -0.25) is 13.6 Å². The van der Waals surface area contributed by atoms with Crippen molar-refractivity contribution < 1.29 is 26.7 Å². The molecule has 0 saturated heterocycles. The number of hydrogen-bond acceptors (Lipinski definition) is 4. The van der Waals surface area contributed by atoms with Crippen molar-refractivity contribution >= 4 is 28.8 Å². The van der Waals surface area contributed by atoms with E-state index in [1.165, 1.54) is 29.7 Å². The van der Waals surface area contributed by atoms with Crippen molar-refractivity contribution in [1.82, 2.24) is 18.8 Å². The number of aromatic nitrogens is 4. The second-order valence-corrected chi connectivity index (χ2v) is 6.23. The highest BCUT2D eigenvalue weighted by Gasteiger charge is 2.39. The molecule has 1 amide bonds. The predicted octanol–water partition coefficient (Wildman–Crippen LogP) is 3.65. The average molecular weight is 426 g/mol. The predicted molar refractivity (Wildman–Crippen MR) is 98.9 cm³/mol. The third-order valence-corrected chi connectivity index (χ3v) is 4.17. The van der Waals surface area contributed by atoms with Crippen molar-refractivity contribution in [3.05, 3.63) is 59.7 Å². The van der Waals surface area contributed by atoms with Crippen LogP contribution in [0.3, 0.4) is 0 Å². The van der Waals surface area contributed by atoms with Gasteiger partial charge in [-0.2, -0.15) is 13.2 Å². The van der Waals surface area contributed by atoms with Crippen LogP contribution in [0.5, 0.6) is 0 Å². The summed E-state index contributed by atoms with van der Waals surface area (Å²) in [5.74, 6) is -2.77.